The Hall–Kier alpha value is -2.97. The second-order valence-electron chi connectivity index (χ2n) is 6.05. The van der Waals surface area contributed by atoms with E-state index < -0.39 is 0 Å². The molecule has 1 heterocycles. The van der Waals surface area contributed by atoms with Crippen molar-refractivity contribution >= 4 is 27.3 Å². The van der Waals surface area contributed by atoms with Crippen LogP contribution in [0.2, 0.25) is 0 Å². The lowest BCUT2D eigenvalue weighted by molar-refractivity contribution is -0.121. The average molecular weight is 379 g/mol. The quantitative estimate of drug-likeness (QED) is 0.598. The molecule has 3 aromatic rings. The van der Waals surface area contributed by atoms with Gasteiger partial charge in [0.05, 0.1) is 7.11 Å². The first-order valence-corrected chi connectivity index (χ1v) is 9.53. The first kappa shape index (κ1) is 18.8. The molecule has 0 radical (unpaired) electrons. The number of terminal acetylenes is 1. The highest BCUT2D eigenvalue weighted by Crippen LogP contribution is 2.28. The number of ether oxygens (including phenoxy) is 2. The number of aryl methyl sites for hydroxylation is 1. The standard InChI is InChI=1S/C22H21NO3S/c1-3-11-26-19-8-5-16(13-20(19)25-2)6-9-22(24)23-15-17-4-7-18-10-12-27-21(18)14-17/h1,4-5,7-8,10,12-14H,6,9,11,15H2,2H3,(H,23,24). The van der Waals surface area contributed by atoms with Gasteiger partial charge in [-0.3, -0.25) is 4.79 Å². The van der Waals surface area contributed by atoms with Gasteiger partial charge in [0.2, 0.25) is 5.91 Å². The SMILES string of the molecule is C#CCOc1ccc(CCC(=O)NCc2ccc3ccsc3c2)cc1OC. The molecule has 0 atom stereocenters. The Morgan fingerprint density at radius 1 is 1.15 bits per heavy atom. The van der Waals surface area contributed by atoms with E-state index in [0.29, 0.717) is 30.9 Å². The van der Waals surface area contributed by atoms with Gasteiger partial charge in [0.1, 0.15) is 6.61 Å². The molecule has 0 aliphatic heterocycles. The summed E-state index contributed by atoms with van der Waals surface area (Å²) in [5, 5.41) is 6.29. The summed E-state index contributed by atoms with van der Waals surface area (Å²) in [6.07, 6.45) is 6.25. The van der Waals surface area contributed by atoms with Crippen LogP contribution < -0.4 is 14.8 Å². The van der Waals surface area contributed by atoms with Crippen molar-refractivity contribution in [2.75, 3.05) is 13.7 Å². The van der Waals surface area contributed by atoms with Crippen LogP contribution in [0.15, 0.2) is 47.8 Å². The molecule has 4 nitrogen and oxygen atoms in total. The van der Waals surface area contributed by atoms with Crippen molar-refractivity contribution in [1.82, 2.24) is 5.32 Å². The van der Waals surface area contributed by atoms with E-state index >= 15 is 0 Å². The van der Waals surface area contributed by atoms with E-state index in [1.54, 1.807) is 18.4 Å². The molecule has 0 bridgehead atoms. The number of carbonyl (C=O) groups excluding carboxylic acids is 1. The second kappa shape index (κ2) is 9.11. The fourth-order valence-corrected chi connectivity index (χ4v) is 3.62. The van der Waals surface area contributed by atoms with Crippen LogP contribution in [0.4, 0.5) is 0 Å². The Labute approximate surface area is 163 Å². The Bertz CT molecular complexity index is 971. The number of thiophene rings is 1. The van der Waals surface area contributed by atoms with Gasteiger partial charge in [0.25, 0.3) is 0 Å². The molecule has 1 aromatic heterocycles. The summed E-state index contributed by atoms with van der Waals surface area (Å²) in [6.45, 7) is 0.726. The summed E-state index contributed by atoms with van der Waals surface area (Å²) >= 11 is 1.71. The summed E-state index contributed by atoms with van der Waals surface area (Å²) < 4.78 is 12.0. The van der Waals surface area contributed by atoms with Crippen molar-refractivity contribution in [2.24, 2.45) is 0 Å². The van der Waals surface area contributed by atoms with Gasteiger partial charge in [-0.05, 0) is 52.6 Å². The highest BCUT2D eigenvalue weighted by atomic mass is 32.1. The molecule has 27 heavy (non-hydrogen) atoms. The molecule has 1 amide bonds. The van der Waals surface area contributed by atoms with Gasteiger partial charge >= 0.3 is 0 Å². The third kappa shape index (κ3) is 5.02. The van der Waals surface area contributed by atoms with Crippen LogP contribution in [0.25, 0.3) is 10.1 Å². The monoisotopic (exact) mass is 379 g/mol. The molecule has 138 valence electrons. The number of amides is 1. The lowest BCUT2D eigenvalue weighted by atomic mass is 10.1. The predicted octanol–water partition coefficient (Wildman–Crippen LogP) is 4.17. The molecular weight excluding hydrogens is 358 g/mol. The van der Waals surface area contributed by atoms with Crippen LogP contribution in [0.5, 0.6) is 11.5 Å². The number of hydrogen-bond acceptors (Lipinski definition) is 4. The lowest BCUT2D eigenvalue weighted by Crippen LogP contribution is -2.22. The first-order valence-electron chi connectivity index (χ1n) is 8.65. The summed E-state index contributed by atoms with van der Waals surface area (Å²) in [5.74, 6) is 3.67. The van der Waals surface area contributed by atoms with Crippen LogP contribution in [0, 0.1) is 12.3 Å². The smallest absolute Gasteiger partial charge is 0.220 e. The third-order valence-electron chi connectivity index (χ3n) is 4.19. The normalized spacial score (nSPS) is 10.4. The maximum atomic E-state index is 12.2. The van der Waals surface area contributed by atoms with Crippen LogP contribution >= 0.6 is 11.3 Å². The molecular formula is C22H21NO3S. The number of benzene rings is 2. The zero-order chi connectivity index (χ0) is 19.1. The number of rotatable bonds is 8. The zero-order valence-corrected chi connectivity index (χ0v) is 16.0. The van der Waals surface area contributed by atoms with E-state index in [1.165, 1.54) is 10.1 Å². The van der Waals surface area contributed by atoms with Crippen molar-refractivity contribution in [3.8, 4) is 23.8 Å². The first-order chi connectivity index (χ1) is 13.2. The number of carbonyl (C=O) groups is 1. The molecule has 5 heteroatoms. The Balaban J connectivity index is 1.51. The van der Waals surface area contributed by atoms with Crippen LogP contribution in [0.1, 0.15) is 17.5 Å². The van der Waals surface area contributed by atoms with Gasteiger partial charge in [0, 0.05) is 17.7 Å². The fraction of sp³-hybridized carbons (Fsp3) is 0.227. The molecule has 0 aliphatic carbocycles. The highest BCUT2D eigenvalue weighted by molar-refractivity contribution is 7.17. The van der Waals surface area contributed by atoms with Gasteiger partial charge in [-0.15, -0.1) is 17.8 Å². The minimum absolute atomic E-state index is 0.0212. The lowest BCUT2D eigenvalue weighted by Gasteiger charge is -2.11. The molecule has 0 saturated carbocycles. The van der Waals surface area contributed by atoms with Crippen molar-refractivity contribution in [1.29, 1.82) is 0 Å². The third-order valence-corrected chi connectivity index (χ3v) is 5.07. The number of nitrogens with one attached hydrogen (secondary N) is 1. The summed E-state index contributed by atoms with van der Waals surface area (Å²) in [4.78, 5) is 12.2. The van der Waals surface area contributed by atoms with E-state index in [0.717, 1.165) is 11.1 Å². The zero-order valence-electron chi connectivity index (χ0n) is 15.2. The van der Waals surface area contributed by atoms with Crippen molar-refractivity contribution in [2.45, 2.75) is 19.4 Å². The maximum absolute atomic E-state index is 12.2. The van der Waals surface area contributed by atoms with Crippen LogP contribution in [-0.4, -0.2) is 19.6 Å². The van der Waals surface area contributed by atoms with Gasteiger partial charge in [-0.25, -0.2) is 0 Å². The number of hydrogen-bond donors (Lipinski definition) is 1. The van der Waals surface area contributed by atoms with Crippen molar-refractivity contribution in [3.05, 3.63) is 59.0 Å². The second-order valence-corrected chi connectivity index (χ2v) is 7.00. The summed E-state index contributed by atoms with van der Waals surface area (Å²) in [5.41, 5.74) is 2.12. The molecule has 3 rings (SSSR count). The Morgan fingerprint density at radius 3 is 2.81 bits per heavy atom. The minimum atomic E-state index is 0.0212. The fourth-order valence-electron chi connectivity index (χ4n) is 2.76. The molecule has 0 saturated heterocycles. The Morgan fingerprint density at radius 2 is 2.00 bits per heavy atom. The number of fused-ring (bicyclic) bond motifs is 1. The molecule has 1 N–H and O–H groups in total. The Kier molecular flexibility index (Phi) is 6.35. The molecule has 0 fully saturated rings. The predicted molar refractivity (Wildman–Crippen MR) is 109 cm³/mol. The van der Waals surface area contributed by atoms with Crippen molar-refractivity contribution in [3.63, 3.8) is 0 Å². The van der Waals surface area contributed by atoms with Gasteiger partial charge in [0.15, 0.2) is 11.5 Å². The highest BCUT2D eigenvalue weighted by Gasteiger charge is 2.08. The van der Waals surface area contributed by atoms with Gasteiger partial charge < -0.3 is 14.8 Å². The molecule has 2 aromatic carbocycles. The summed E-state index contributed by atoms with van der Waals surface area (Å²) in [6, 6.07) is 14.0. The topological polar surface area (TPSA) is 47.6 Å². The molecule has 0 aliphatic rings. The van der Waals surface area contributed by atoms with E-state index in [9.17, 15) is 4.79 Å². The van der Waals surface area contributed by atoms with E-state index in [4.69, 9.17) is 15.9 Å². The van der Waals surface area contributed by atoms with Crippen molar-refractivity contribution < 1.29 is 14.3 Å². The molecule has 0 spiro atoms. The average Bonchev–Trinajstić information content (AvgIpc) is 3.17. The number of methoxy groups -OCH3 is 1. The van der Waals surface area contributed by atoms with Gasteiger partial charge in [-0.2, -0.15) is 0 Å². The van der Waals surface area contributed by atoms with E-state index in [1.807, 2.05) is 18.2 Å². The van der Waals surface area contributed by atoms with Crippen LogP contribution in [0.3, 0.4) is 0 Å². The van der Waals surface area contributed by atoms with E-state index in [-0.39, 0.29) is 12.5 Å². The molecule has 0 unspecified atom stereocenters. The van der Waals surface area contributed by atoms with Gasteiger partial charge in [-0.1, -0.05) is 24.1 Å². The summed E-state index contributed by atoms with van der Waals surface area (Å²) in [7, 11) is 1.58. The van der Waals surface area contributed by atoms with Crippen LogP contribution in [-0.2, 0) is 17.8 Å². The largest absolute Gasteiger partial charge is 0.493 e. The van der Waals surface area contributed by atoms with E-state index in [2.05, 4.69) is 40.9 Å². The maximum Gasteiger partial charge on any atom is 0.220 e. The minimum Gasteiger partial charge on any atom is -0.493 e.